The number of nitrogens with zero attached hydrogens (tertiary/aromatic N) is 9. The molecule has 430 valence electrons. The highest BCUT2D eigenvalue weighted by Crippen LogP contribution is 2.44. The van der Waals surface area contributed by atoms with Crippen LogP contribution in [-0.2, 0) is 0 Å². The molecule has 0 amide bonds. The van der Waals surface area contributed by atoms with Gasteiger partial charge in [-0.2, -0.15) is 15.8 Å². The third-order valence-corrected chi connectivity index (χ3v) is 18.0. The van der Waals surface area contributed by atoms with E-state index in [2.05, 4.69) is 226 Å². The van der Waals surface area contributed by atoms with E-state index in [0.29, 0.717) is 33.4 Å². The highest BCUT2D eigenvalue weighted by molar-refractivity contribution is 6.14. The van der Waals surface area contributed by atoms with Gasteiger partial charge in [-0.1, -0.05) is 182 Å². The van der Waals surface area contributed by atoms with Crippen molar-refractivity contribution >= 4 is 65.4 Å². The zero-order valence-electron chi connectivity index (χ0n) is 49.8. The largest absolute Gasteiger partial charge is 0.309 e. The Morgan fingerprint density at radius 1 is 0.226 bits per heavy atom. The lowest BCUT2D eigenvalue weighted by Crippen LogP contribution is -2.06. The lowest BCUT2D eigenvalue weighted by Gasteiger charge is -2.17. The Bertz CT molecular complexity index is 5490. The number of hydrogen-bond acceptors (Lipinski definition) is 6. The molecule has 93 heavy (non-hydrogen) atoms. The van der Waals surface area contributed by atoms with Crippen LogP contribution in [0.2, 0.25) is 0 Å². The fourth-order valence-electron chi connectivity index (χ4n) is 13.6. The van der Waals surface area contributed by atoms with Crippen LogP contribution in [0.25, 0.3) is 161 Å². The van der Waals surface area contributed by atoms with Gasteiger partial charge in [-0.15, -0.1) is 0 Å². The molecule has 0 unspecified atom stereocenters. The molecule has 0 atom stereocenters. The molecule has 9 nitrogen and oxygen atoms in total. The van der Waals surface area contributed by atoms with Crippen molar-refractivity contribution in [3.63, 3.8) is 0 Å². The van der Waals surface area contributed by atoms with Gasteiger partial charge in [-0.05, 0) is 160 Å². The smallest absolute Gasteiger partial charge is 0.166 e. The zero-order chi connectivity index (χ0) is 62.1. The first-order valence-electron chi connectivity index (χ1n) is 30.7. The van der Waals surface area contributed by atoms with Crippen LogP contribution < -0.4 is 0 Å². The van der Waals surface area contributed by atoms with Crippen molar-refractivity contribution < 1.29 is 0 Å². The zero-order valence-corrected chi connectivity index (χ0v) is 49.8. The molecule has 9 heteroatoms. The molecule has 0 N–H and O–H groups in total. The van der Waals surface area contributed by atoms with E-state index in [1.165, 1.54) is 0 Å². The Morgan fingerprint density at radius 2 is 0.559 bits per heavy atom. The summed E-state index contributed by atoms with van der Waals surface area (Å²) in [6.07, 6.45) is 0. The molecule has 0 saturated carbocycles. The number of para-hydroxylation sites is 2. The molecule has 0 spiro atoms. The summed E-state index contributed by atoms with van der Waals surface area (Å²) in [5, 5.41) is 39.1. The summed E-state index contributed by atoms with van der Waals surface area (Å²) in [7, 11) is 0. The molecule has 0 fully saturated rings. The van der Waals surface area contributed by atoms with Crippen LogP contribution in [0.5, 0.6) is 0 Å². The van der Waals surface area contributed by atoms with E-state index < -0.39 is 0 Å². The van der Waals surface area contributed by atoms with Gasteiger partial charge in [-0.3, -0.25) is 0 Å². The van der Waals surface area contributed by atoms with Gasteiger partial charge < -0.3 is 13.7 Å². The summed E-state index contributed by atoms with van der Waals surface area (Å²) in [4.78, 5) is 16.6. The molecule has 4 heterocycles. The van der Waals surface area contributed by atoms with Crippen LogP contribution >= 0.6 is 0 Å². The molecular weight excluding hydrogens is 1130 g/mol. The van der Waals surface area contributed by atoms with Gasteiger partial charge in [0.05, 0.1) is 79.4 Å². The second kappa shape index (κ2) is 22.1. The maximum Gasteiger partial charge on any atom is 0.166 e. The van der Waals surface area contributed by atoms with E-state index in [4.69, 9.17) is 15.0 Å². The summed E-state index contributed by atoms with van der Waals surface area (Å²) >= 11 is 0. The first kappa shape index (κ1) is 53.9. The number of hydrogen-bond donors (Lipinski definition) is 0. The molecule has 0 aliphatic heterocycles. The van der Waals surface area contributed by atoms with Gasteiger partial charge in [0, 0.05) is 54.7 Å². The van der Waals surface area contributed by atoms with Crippen LogP contribution in [0.15, 0.2) is 297 Å². The molecule has 0 saturated heterocycles. The highest BCUT2D eigenvalue weighted by Gasteiger charge is 2.25. The van der Waals surface area contributed by atoms with Crippen LogP contribution in [0, 0.1) is 34.0 Å². The quantitative estimate of drug-likeness (QED) is 0.134. The molecule has 0 aliphatic carbocycles. The van der Waals surface area contributed by atoms with Gasteiger partial charge >= 0.3 is 0 Å². The second-order valence-electron chi connectivity index (χ2n) is 23.3. The standard InChI is InChI=1S/C84H49N9/c85-50-53-29-35-80(92-76-37-31-60(56-17-5-1-6-18-56)46-68(76)69-47-61(32-38-77(69)92)57-19-7-2-8-20-57)72(43-53)83-88-82(64-41-55(52-87)42-65(45-64)91-74-27-15-13-25-66(74)67-26-14-16-28-75(67)91)89-84(90-83)73-44-54(51-86)30-36-81(73)93-78-39-33-62(58-21-9-3-10-22-58)48-70(78)71-49-63(34-40-79(71)93)59-23-11-4-12-24-59/h1-49H. The van der Waals surface area contributed by atoms with Crippen molar-refractivity contribution in [2.24, 2.45) is 0 Å². The third kappa shape index (κ3) is 9.18. The van der Waals surface area contributed by atoms with Gasteiger partial charge in [0.1, 0.15) is 0 Å². The summed E-state index contributed by atoms with van der Waals surface area (Å²) in [5.74, 6) is 0.825. The van der Waals surface area contributed by atoms with E-state index in [1.807, 2.05) is 103 Å². The number of fused-ring (bicyclic) bond motifs is 9. The first-order chi connectivity index (χ1) is 45.9. The van der Waals surface area contributed by atoms with E-state index in [-0.39, 0.29) is 17.5 Å². The predicted molar refractivity (Wildman–Crippen MR) is 375 cm³/mol. The van der Waals surface area contributed by atoms with Crippen molar-refractivity contribution in [1.29, 1.82) is 15.8 Å². The summed E-state index contributed by atoms with van der Waals surface area (Å²) in [6, 6.07) is 109. The minimum atomic E-state index is 0.273. The maximum atomic E-state index is 11.0. The topological polar surface area (TPSA) is 125 Å². The lowest BCUT2D eigenvalue weighted by atomic mass is 10.0. The molecule has 13 aromatic carbocycles. The van der Waals surface area contributed by atoms with Crippen LogP contribution in [0.4, 0.5) is 0 Å². The van der Waals surface area contributed by atoms with E-state index in [1.54, 1.807) is 0 Å². The van der Waals surface area contributed by atoms with Gasteiger partial charge in [0.2, 0.25) is 0 Å². The molecule has 0 radical (unpaired) electrons. The van der Waals surface area contributed by atoms with Crippen molar-refractivity contribution in [2.45, 2.75) is 0 Å². The number of rotatable bonds is 10. The van der Waals surface area contributed by atoms with Gasteiger partial charge in [0.15, 0.2) is 17.5 Å². The summed E-state index contributed by atoms with van der Waals surface area (Å²) in [6.45, 7) is 0. The van der Waals surface area contributed by atoms with Gasteiger partial charge in [0.25, 0.3) is 0 Å². The molecule has 0 aliphatic rings. The number of aromatic nitrogens is 6. The SMILES string of the molecule is N#Cc1cc(-c2nc(-c3cc(C#N)ccc3-n3c4ccc(-c5ccccc5)cc4c4cc(-c5ccccc5)ccc43)nc(-c3cc(C#N)ccc3-n3c4ccc(-c5ccccc5)cc4c4cc(-c5ccccc5)ccc43)n2)cc(-n2c3ccccc3c3ccccc32)c1. The Hall–Kier alpha value is -13.3. The number of benzene rings is 13. The first-order valence-corrected chi connectivity index (χ1v) is 30.7. The molecular formula is C84H49N9. The fraction of sp³-hybridized carbons (Fsp3) is 0. The maximum absolute atomic E-state index is 11.0. The number of nitriles is 3. The minimum absolute atomic E-state index is 0.273. The monoisotopic (exact) mass is 1180 g/mol. The molecule has 4 aromatic heterocycles. The Kier molecular flexibility index (Phi) is 12.8. The third-order valence-electron chi connectivity index (χ3n) is 18.0. The van der Waals surface area contributed by atoms with E-state index in [0.717, 1.165) is 127 Å². The average molecular weight is 1180 g/mol. The second-order valence-corrected chi connectivity index (χ2v) is 23.3. The highest BCUT2D eigenvalue weighted by atomic mass is 15.1. The fourth-order valence-corrected chi connectivity index (χ4v) is 13.6. The van der Waals surface area contributed by atoms with E-state index in [9.17, 15) is 15.8 Å². The normalized spacial score (nSPS) is 11.4. The predicted octanol–water partition coefficient (Wildman–Crippen LogP) is 20.4. The van der Waals surface area contributed by atoms with Crippen LogP contribution in [0.3, 0.4) is 0 Å². The molecule has 17 rings (SSSR count). The van der Waals surface area contributed by atoms with Crippen molar-refractivity contribution in [3.05, 3.63) is 314 Å². The minimum Gasteiger partial charge on any atom is -0.309 e. The average Bonchev–Trinajstić information content (AvgIpc) is 1.67. The van der Waals surface area contributed by atoms with Gasteiger partial charge in [-0.25, -0.2) is 15.0 Å². The van der Waals surface area contributed by atoms with Crippen LogP contribution in [0.1, 0.15) is 16.7 Å². The summed E-state index contributed by atoms with van der Waals surface area (Å²) in [5.41, 5.74) is 19.5. The Balaban J connectivity index is 0.949. The van der Waals surface area contributed by atoms with E-state index >= 15 is 0 Å². The van der Waals surface area contributed by atoms with Crippen molar-refractivity contribution in [2.75, 3.05) is 0 Å². The Labute approximate surface area is 534 Å². The summed E-state index contributed by atoms with van der Waals surface area (Å²) < 4.78 is 6.68. The van der Waals surface area contributed by atoms with Crippen molar-refractivity contribution in [1.82, 2.24) is 28.7 Å². The van der Waals surface area contributed by atoms with Crippen LogP contribution in [-0.4, -0.2) is 28.7 Å². The molecule has 17 aromatic rings. The van der Waals surface area contributed by atoms with Crippen molar-refractivity contribution in [3.8, 4) is 114 Å². The Morgan fingerprint density at radius 3 is 0.925 bits per heavy atom. The lowest BCUT2D eigenvalue weighted by molar-refractivity contribution is 1.05. The molecule has 0 bridgehead atoms.